The van der Waals surface area contributed by atoms with Crippen LogP contribution in [-0.4, -0.2) is 42.4 Å². The predicted octanol–water partition coefficient (Wildman–Crippen LogP) is 2.88. The molecular weight excluding hydrogens is 333 g/mol. The number of piperazine rings is 1. The molecule has 1 aromatic heterocycles. The van der Waals surface area contributed by atoms with Crippen molar-refractivity contribution >= 4 is 11.5 Å². The number of ether oxygens (including phenoxy) is 1. The van der Waals surface area contributed by atoms with Crippen molar-refractivity contribution in [3.05, 3.63) is 48.2 Å². The first kappa shape index (κ1) is 17.3. The van der Waals surface area contributed by atoms with Crippen LogP contribution in [0.15, 0.2) is 42.6 Å². The molecule has 0 radical (unpaired) electrons. The number of para-hydroxylation sites is 1. The average Bonchev–Trinajstić information content (AvgIpc) is 2.57. The monoisotopic (exact) mass is 352 g/mol. The van der Waals surface area contributed by atoms with E-state index in [0.717, 1.165) is 32.0 Å². The minimum atomic E-state index is -4.68. The maximum Gasteiger partial charge on any atom is 0.573 e. The van der Waals surface area contributed by atoms with Crippen molar-refractivity contribution in [2.24, 2.45) is 0 Å². The van der Waals surface area contributed by atoms with Gasteiger partial charge >= 0.3 is 6.36 Å². The molecule has 1 fully saturated rings. The molecule has 0 aliphatic carbocycles. The predicted molar refractivity (Wildman–Crippen MR) is 89.3 cm³/mol. The van der Waals surface area contributed by atoms with Gasteiger partial charge in [0.15, 0.2) is 0 Å². The van der Waals surface area contributed by atoms with Gasteiger partial charge in [0, 0.05) is 38.3 Å². The summed E-state index contributed by atoms with van der Waals surface area (Å²) < 4.78 is 41.6. The SMILES string of the molecule is Nc1ccc(N2CCN(Cc3ccccc3OC(F)(F)F)CC2)nc1. The molecular formula is C17H19F3N4O. The third-order valence-electron chi connectivity index (χ3n) is 4.06. The quantitative estimate of drug-likeness (QED) is 0.917. The molecule has 1 aromatic carbocycles. The summed E-state index contributed by atoms with van der Waals surface area (Å²) in [6, 6.07) is 9.94. The van der Waals surface area contributed by atoms with Gasteiger partial charge in [-0.25, -0.2) is 4.98 Å². The third-order valence-corrected chi connectivity index (χ3v) is 4.06. The Morgan fingerprint density at radius 3 is 2.40 bits per heavy atom. The van der Waals surface area contributed by atoms with Crippen LogP contribution in [0.5, 0.6) is 5.75 Å². The number of aromatic nitrogens is 1. The summed E-state index contributed by atoms with van der Waals surface area (Å²) in [5.41, 5.74) is 6.78. The standard InChI is InChI=1S/C17H19F3N4O/c18-17(19,20)25-15-4-2-1-3-13(15)12-23-7-9-24(10-8-23)16-6-5-14(21)11-22-16/h1-6,11H,7-10,12,21H2. The van der Waals surface area contributed by atoms with E-state index >= 15 is 0 Å². The maximum atomic E-state index is 12.5. The Morgan fingerprint density at radius 2 is 1.76 bits per heavy atom. The van der Waals surface area contributed by atoms with Crippen molar-refractivity contribution in [2.45, 2.75) is 12.9 Å². The number of nitrogens with zero attached hydrogens (tertiary/aromatic N) is 3. The lowest BCUT2D eigenvalue weighted by Crippen LogP contribution is -2.46. The Labute approximate surface area is 143 Å². The van der Waals surface area contributed by atoms with Gasteiger partial charge in [0.2, 0.25) is 0 Å². The molecule has 0 saturated carbocycles. The average molecular weight is 352 g/mol. The van der Waals surface area contributed by atoms with Crippen molar-refractivity contribution in [1.29, 1.82) is 0 Å². The molecule has 1 aliphatic rings. The van der Waals surface area contributed by atoms with Gasteiger partial charge in [-0.05, 0) is 18.2 Å². The van der Waals surface area contributed by atoms with Crippen molar-refractivity contribution in [1.82, 2.24) is 9.88 Å². The van der Waals surface area contributed by atoms with E-state index in [1.54, 1.807) is 24.4 Å². The summed E-state index contributed by atoms with van der Waals surface area (Å²) in [5, 5.41) is 0. The molecule has 25 heavy (non-hydrogen) atoms. The number of hydrogen-bond acceptors (Lipinski definition) is 5. The van der Waals surface area contributed by atoms with Gasteiger partial charge in [0.1, 0.15) is 11.6 Å². The van der Waals surface area contributed by atoms with Gasteiger partial charge in [-0.1, -0.05) is 18.2 Å². The Kier molecular flexibility index (Phi) is 4.98. The Morgan fingerprint density at radius 1 is 1.04 bits per heavy atom. The molecule has 1 saturated heterocycles. The van der Waals surface area contributed by atoms with Crippen LogP contribution in [0.3, 0.4) is 0 Å². The number of halogens is 3. The largest absolute Gasteiger partial charge is 0.573 e. The number of nitrogen functional groups attached to an aromatic ring is 1. The molecule has 5 nitrogen and oxygen atoms in total. The minimum Gasteiger partial charge on any atom is -0.405 e. The fraction of sp³-hybridized carbons (Fsp3) is 0.353. The Balaban J connectivity index is 1.60. The lowest BCUT2D eigenvalue weighted by molar-refractivity contribution is -0.275. The van der Waals surface area contributed by atoms with Gasteiger partial charge in [0.05, 0.1) is 11.9 Å². The summed E-state index contributed by atoms with van der Waals surface area (Å²) in [5.74, 6) is 0.715. The molecule has 0 spiro atoms. The van der Waals surface area contributed by atoms with Gasteiger partial charge < -0.3 is 15.4 Å². The van der Waals surface area contributed by atoms with Gasteiger partial charge in [-0.15, -0.1) is 13.2 Å². The van der Waals surface area contributed by atoms with Crippen LogP contribution in [0.1, 0.15) is 5.56 Å². The van der Waals surface area contributed by atoms with Gasteiger partial charge in [-0.3, -0.25) is 4.90 Å². The van der Waals surface area contributed by atoms with E-state index in [-0.39, 0.29) is 5.75 Å². The van der Waals surface area contributed by atoms with E-state index in [1.807, 2.05) is 6.07 Å². The summed E-state index contributed by atoms with van der Waals surface area (Å²) in [6.45, 7) is 3.37. The van der Waals surface area contributed by atoms with Crippen LogP contribution in [0.2, 0.25) is 0 Å². The molecule has 0 amide bonds. The highest BCUT2D eigenvalue weighted by atomic mass is 19.4. The lowest BCUT2D eigenvalue weighted by atomic mass is 10.1. The fourth-order valence-corrected chi connectivity index (χ4v) is 2.82. The van der Waals surface area contributed by atoms with E-state index < -0.39 is 6.36 Å². The molecule has 8 heteroatoms. The highest BCUT2D eigenvalue weighted by Gasteiger charge is 2.32. The zero-order valence-corrected chi connectivity index (χ0v) is 13.5. The molecule has 0 unspecified atom stereocenters. The second-order valence-corrected chi connectivity index (χ2v) is 5.87. The van der Waals surface area contributed by atoms with E-state index in [2.05, 4.69) is 19.5 Å². The number of alkyl halides is 3. The number of benzene rings is 1. The van der Waals surface area contributed by atoms with Crippen molar-refractivity contribution in [2.75, 3.05) is 36.8 Å². The molecule has 2 heterocycles. The molecule has 2 aromatic rings. The van der Waals surface area contributed by atoms with Crippen LogP contribution >= 0.6 is 0 Å². The summed E-state index contributed by atoms with van der Waals surface area (Å²) in [6.07, 6.45) is -3.07. The normalized spacial score (nSPS) is 16.0. The highest BCUT2D eigenvalue weighted by Crippen LogP contribution is 2.27. The molecule has 2 N–H and O–H groups in total. The van der Waals surface area contributed by atoms with Crippen LogP contribution < -0.4 is 15.4 Å². The van der Waals surface area contributed by atoms with E-state index in [1.165, 1.54) is 12.1 Å². The van der Waals surface area contributed by atoms with Crippen LogP contribution in [-0.2, 0) is 6.54 Å². The van der Waals surface area contributed by atoms with E-state index in [0.29, 0.717) is 17.8 Å². The van der Waals surface area contributed by atoms with Crippen LogP contribution in [0.25, 0.3) is 0 Å². The van der Waals surface area contributed by atoms with Crippen molar-refractivity contribution < 1.29 is 17.9 Å². The maximum absolute atomic E-state index is 12.5. The Bertz CT molecular complexity index is 698. The first-order valence-corrected chi connectivity index (χ1v) is 7.93. The molecule has 1 aliphatic heterocycles. The topological polar surface area (TPSA) is 54.6 Å². The number of anilines is 2. The number of pyridine rings is 1. The van der Waals surface area contributed by atoms with Crippen LogP contribution in [0, 0.1) is 0 Å². The first-order valence-electron chi connectivity index (χ1n) is 7.93. The fourth-order valence-electron chi connectivity index (χ4n) is 2.82. The lowest BCUT2D eigenvalue weighted by Gasteiger charge is -2.35. The second-order valence-electron chi connectivity index (χ2n) is 5.87. The molecule has 3 rings (SSSR count). The van der Waals surface area contributed by atoms with Crippen LogP contribution in [0.4, 0.5) is 24.7 Å². The number of nitrogens with two attached hydrogens (primary N) is 1. The summed E-state index contributed by atoms with van der Waals surface area (Å²) >= 11 is 0. The molecule has 0 atom stereocenters. The van der Waals surface area contributed by atoms with E-state index in [4.69, 9.17) is 5.73 Å². The van der Waals surface area contributed by atoms with Gasteiger partial charge in [-0.2, -0.15) is 0 Å². The number of rotatable bonds is 4. The van der Waals surface area contributed by atoms with Crippen molar-refractivity contribution in [3.63, 3.8) is 0 Å². The highest BCUT2D eigenvalue weighted by molar-refractivity contribution is 5.46. The Hall–Kier alpha value is -2.48. The van der Waals surface area contributed by atoms with Crippen molar-refractivity contribution in [3.8, 4) is 5.75 Å². The summed E-state index contributed by atoms with van der Waals surface area (Å²) in [7, 11) is 0. The molecule has 0 bridgehead atoms. The number of hydrogen-bond donors (Lipinski definition) is 1. The van der Waals surface area contributed by atoms with Gasteiger partial charge in [0.25, 0.3) is 0 Å². The second kappa shape index (κ2) is 7.18. The minimum absolute atomic E-state index is 0.141. The zero-order valence-electron chi connectivity index (χ0n) is 13.5. The smallest absolute Gasteiger partial charge is 0.405 e. The first-order chi connectivity index (χ1) is 11.9. The van der Waals surface area contributed by atoms with E-state index in [9.17, 15) is 13.2 Å². The third kappa shape index (κ3) is 4.76. The summed E-state index contributed by atoms with van der Waals surface area (Å²) in [4.78, 5) is 8.54. The molecule has 134 valence electrons. The zero-order chi connectivity index (χ0) is 17.9.